The molecule has 3 heterocycles. The zero-order valence-corrected chi connectivity index (χ0v) is 17.7. The number of nitrogens with one attached hydrogen (secondary N) is 1. The number of sulfonamides is 1. The van der Waals surface area contributed by atoms with E-state index in [0.717, 1.165) is 6.42 Å². The highest BCUT2D eigenvalue weighted by molar-refractivity contribution is 7.89. The van der Waals surface area contributed by atoms with Crippen molar-refractivity contribution >= 4 is 33.4 Å². The van der Waals surface area contributed by atoms with Gasteiger partial charge in [0.2, 0.25) is 15.9 Å². The van der Waals surface area contributed by atoms with Gasteiger partial charge in [-0.1, -0.05) is 18.5 Å². The Hall–Kier alpha value is -1.45. The fourth-order valence-electron chi connectivity index (χ4n) is 4.23. The number of amides is 1. The second-order valence-corrected chi connectivity index (χ2v) is 10.2. The number of nitrogens with zero attached hydrogens (tertiary/aromatic N) is 4. The van der Waals surface area contributed by atoms with Crippen LogP contribution in [0.2, 0.25) is 5.15 Å². The Morgan fingerprint density at radius 1 is 1.30 bits per heavy atom. The maximum absolute atomic E-state index is 13.2. The molecule has 0 bridgehead atoms. The SMILES string of the molecule is Cc1nn(C)c(Cl)c1S(=O)(=O)N1CCCC([C@@]2(C)CC(=N)N(C)C(=O)C2)C1. The van der Waals surface area contributed by atoms with Crippen molar-refractivity contribution in [3.05, 3.63) is 10.8 Å². The fraction of sp³-hybridized carbons (Fsp3) is 0.706. The molecule has 0 aromatic carbocycles. The third-order valence-electron chi connectivity index (χ3n) is 5.97. The van der Waals surface area contributed by atoms with Crippen molar-refractivity contribution < 1.29 is 13.2 Å². The van der Waals surface area contributed by atoms with Crippen LogP contribution in [-0.4, -0.2) is 59.3 Å². The molecule has 2 atom stereocenters. The largest absolute Gasteiger partial charge is 0.304 e. The lowest BCUT2D eigenvalue weighted by Gasteiger charge is -2.46. The van der Waals surface area contributed by atoms with Crippen LogP contribution < -0.4 is 0 Å². The van der Waals surface area contributed by atoms with E-state index in [4.69, 9.17) is 17.0 Å². The highest BCUT2D eigenvalue weighted by atomic mass is 35.5. The number of rotatable bonds is 3. The number of carbonyl (C=O) groups excluding carboxylic acids is 1. The molecule has 1 aromatic heterocycles. The highest BCUT2D eigenvalue weighted by Gasteiger charge is 2.46. The second-order valence-electron chi connectivity index (χ2n) is 7.94. The van der Waals surface area contributed by atoms with Gasteiger partial charge in [0.05, 0.1) is 5.69 Å². The van der Waals surface area contributed by atoms with Gasteiger partial charge in [0.15, 0.2) is 0 Å². The standard InChI is InChI=1S/C17H26ClN5O3S/c1-11-15(16(18)22(4)20-11)27(25,26)23-7-5-6-12(10-23)17(2)8-13(19)21(3)14(24)9-17/h12,19H,5-10H2,1-4H3/t12?,17-/m0/s1. The molecule has 1 amide bonds. The van der Waals surface area contributed by atoms with Crippen LogP contribution in [0.15, 0.2) is 4.90 Å². The molecule has 0 spiro atoms. The second kappa shape index (κ2) is 6.86. The van der Waals surface area contributed by atoms with Gasteiger partial charge in [-0.2, -0.15) is 9.40 Å². The van der Waals surface area contributed by atoms with Gasteiger partial charge in [0.1, 0.15) is 15.9 Å². The average molecular weight is 416 g/mol. The van der Waals surface area contributed by atoms with Crippen LogP contribution in [0.25, 0.3) is 0 Å². The number of hydrogen-bond donors (Lipinski definition) is 1. The van der Waals surface area contributed by atoms with E-state index >= 15 is 0 Å². The first-order valence-electron chi connectivity index (χ1n) is 9.00. The number of likely N-dealkylation sites (tertiary alicyclic amines) is 1. The normalized spacial score (nSPS) is 28.0. The van der Waals surface area contributed by atoms with Crippen LogP contribution in [0.5, 0.6) is 0 Å². The third kappa shape index (κ3) is 3.40. The van der Waals surface area contributed by atoms with Gasteiger partial charge >= 0.3 is 0 Å². The summed E-state index contributed by atoms with van der Waals surface area (Å²) in [5.74, 6) is 0.217. The first-order valence-corrected chi connectivity index (χ1v) is 10.8. The molecule has 2 aliphatic rings. The summed E-state index contributed by atoms with van der Waals surface area (Å²) in [6.45, 7) is 4.38. The van der Waals surface area contributed by atoms with Crippen molar-refractivity contribution in [2.75, 3.05) is 20.1 Å². The summed E-state index contributed by atoms with van der Waals surface area (Å²) in [6, 6.07) is 0. The number of hydrogen-bond acceptors (Lipinski definition) is 5. The number of piperidine rings is 2. The number of aryl methyl sites for hydroxylation is 2. The smallest absolute Gasteiger partial charge is 0.248 e. The average Bonchev–Trinajstić information content (AvgIpc) is 2.85. The number of carbonyl (C=O) groups is 1. The van der Waals surface area contributed by atoms with Gasteiger partial charge in [-0.25, -0.2) is 8.42 Å². The lowest BCUT2D eigenvalue weighted by Crippen LogP contribution is -2.51. The quantitative estimate of drug-likeness (QED) is 0.816. The Labute approximate surface area is 165 Å². The van der Waals surface area contributed by atoms with E-state index in [1.54, 1.807) is 21.0 Å². The first-order chi connectivity index (χ1) is 12.5. The van der Waals surface area contributed by atoms with E-state index in [1.807, 2.05) is 6.92 Å². The van der Waals surface area contributed by atoms with Gasteiger partial charge in [0, 0.05) is 40.0 Å². The molecule has 1 unspecified atom stereocenters. The molecular weight excluding hydrogens is 390 g/mol. The minimum atomic E-state index is -3.77. The molecular formula is C17H26ClN5O3S. The third-order valence-corrected chi connectivity index (χ3v) is 8.53. The molecule has 150 valence electrons. The monoisotopic (exact) mass is 415 g/mol. The maximum Gasteiger partial charge on any atom is 0.248 e. The number of amidine groups is 1. The Balaban J connectivity index is 1.88. The van der Waals surface area contributed by atoms with Crippen molar-refractivity contribution in [2.45, 2.75) is 44.4 Å². The molecule has 2 fully saturated rings. The molecule has 27 heavy (non-hydrogen) atoms. The Morgan fingerprint density at radius 2 is 1.96 bits per heavy atom. The molecule has 8 nitrogen and oxygen atoms in total. The molecule has 1 N–H and O–H groups in total. The number of aromatic nitrogens is 2. The maximum atomic E-state index is 13.2. The van der Waals surface area contributed by atoms with E-state index in [2.05, 4.69) is 5.10 Å². The summed E-state index contributed by atoms with van der Waals surface area (Å²) < 4.78 is 29.3. The Morgan fingerprint density at radius 3 is 2.52 bits per heavy atom. The van der Waals surface area contributed by atoms with Gasteiger partial charge in [-0.05, 0) is 31.1 Å². The number of halogens is 1. The van der Waals surface area contributed by atoms with Crippen LogP contribution in [-0.2, 0) is 21.9 Å². The fourth-order valence-corrected chi connectivity index (χ4v) is 6.46. The predicted octanol–water partition coefficient (Wildman–Crippen LogP) is 2.02. The first kappa shape index (κ1) is 20.3. The highest BCUT2D eigenvalue weighted by Crippen LogP contribution is 2.44. The topological polar surface area (TPSA) is 99.4 Å². The van der Waals surface area contributed by atoms with Crippen molar-refractivity contribution in [1.29, 1.82) is 5.41 Å². The molecule has 0 radical (unpaired) electrons. The lowest BCUT2D eigenvalue weighted by molar-refractivity contribution is -0.131. The molecule has 0 saturated carbocycles. The van der Waals surface area contributed by atoms with E-state index in [9.17, 15) is 13.2 Å². The predicted molar refractivity (Wildman–Crippen MR) is 102 cm³/mol. The summed E-state index contributed by atoms with van der Waals surface area (Å²) in [6.07, 6.45) is 2.36. The summed E-state index contributed by atoms with van der Waals surface area (Å²) in [5.41, 5.74) is -0.0325. The van der Waals surface area contributed by atoms with E-state index in [1.165, 1.54) is 13.9 Å². The molecule has 10 heteroatoms. The summed E-state index contributed by atoms with van der Waals surface area (Å²) in [5, 5.41) is 12.3. The van der Waals surface area contributed by atoms with Crippen molar-refractivity contribution in [3.8, 4) is 0 Å². The Bertz CT molecular complexity index is 877. The minimum absolute atomic E-state index is 0.00905. The van der Waals surface area contributed by atoms with Crippen LogP contribution in [0.1, 0.15) is 38.3 Å². The van der Waals surface area contributed by atoms with Gasteiger partial charge < -0.3 is 4.90 Å². The summed E-state index contributed by atoms with van der Waals surface area (Å²) in [4.78, 5) is 13.7. The van der Waals surface area contributed by atoms with Crippen LogP contribution >= 0.6 is 11.6 Å². The van der Waals surface area contributed by atoms with Crippen molar-refractivity contribution in [3.63, 3.8) is 0 Å². The van der Waals surface area contributed by atoms with Gasteiger partial charge in [-0.15, -0.1) is 0 Å². The van der Waals surface area contributed by atoms with Gasteiger partial charge in [0.25, 0.3) is 0 Å². The summed E-state index contributed by atoms with van der Waals surface area (Å²) in [7, 11) is -0.534. The van der Waals surface area contributed by atoms with Crippen molar-refractivity contribution in [2.24, 2.45) is 18.4 Å². The van der Waals surface area contributed by atoms with Crippen LogP contribution in [0, 0.1) is 23.7 Å². The molecule has 1 aromatic rings. The van der Waals surface area contributed by atoms with Gasteiger partial charge in [-0.3, -0.25) is 14.9 Å². The van der Waals surface area contributed by atoms with E-state index in [-0.39, 0.29) is 21.9 Å². The zero-order valence-electron chi connectivity index (χ0n) is 16.1. The molecule has 2 saturated heterocycles. The van der Waals surface area contributed by atoms with Crippen molar-refractivity contribution in [1.82, 2.24) is 19.0 Å². The summed E-state index contributed by atoms with van der Waals surface area (Å²) >= 11 is 6.20. The molecule has 3 rings (SSSR count). The van der Waals surface area contributed by atoms with Crippen LogP contribution in [0.4, 0.5) is 0 Å². The molecule has 0 aliphatic carbocycles. The zero-order chi connectivity index (χ0) is 20.1. The lowest BCUT2D eigenvalue weighted by atomic mass is 9.67. The van der Waals surface area contributed by atoms with E-state index < -0.39 is 15.4 Å². The minimum Gasteiger partial charge on any atom is -0.304 e. The molecule has 2 aliphatic heterocycles. The Kier molecular flexibility index (Phi) is 5.15. The van der Waals surface area contributed by atoms with Crippen LogP contribution in [0.3, 0.4) is 0 Å². The van der Waals surface area contributed by atoms with E-state index in [0.29, 0.717) is 43.9 Å².